The summed E-state index contributed by atoms with van der Waals surface area (Å²) in [5.74, 6) is -0.0513. The van der Waals surface area contributed by atoms with E-state index in [4.69, 9.17) is 9.47 Å². The fourth-order valence-electron chi connectivity index (χ4n) is 3.15. The van der Waals surface area contributed by atoms with E-state index < -0.39 is 12.0 Å². The topological polar surface area (TPSA) is 93.7 Å². The van der Waals surface area contributed by atoms with Gasteiger partial charge in [-0.1, -0.05) is 12.1 Å². The molecule has 8 heteroatoms. The zero-order valence-electron chi connectivity index (χ0n) is 15.8. The molecule has 2 aromatic rings. The first-order chi connectivity index (χ1) is 13.5. The molecule has 3 rings (SSSR count). The maximum Gasteiger partial charge on any atom is 0.414 e. The van der Waals surface area contributed by atoms with Crippen LogP contribution in [0.2, 0.25) is 0 Å². The molecule has 28 heavy (non-hydrogen) atoms. The minimum atomic E-state index is -0.791. The van der Waals surface area contributed by atoms with Crippen molar-refractivity contribution in [1.82, 2.24) is 5.32 Å². The quantitative estimate of drug-likeness (QED) is 0.773. The molecule has 0 saturated carbocycles. The molecule has 1 aliphatic rings. The molecular weight excluding hydrogens is 380 g/mol. The Balaban J connectivity index is 1.75. The third kappa shape index (κ3) is 4.51. The molecule has 0 fully saturated rings. The number of aryl methyl sites for hydroxylation is 1. The molecule has 7 nitrogen and oxygen atoms in total. The number of ether oxygens (including phenoxy) is 2. The number of thiophene rings is 1. The highest BCUT2D eigenvalue weighted by molar-refractivity contribution is 7.17. The number of carbonyl (C=O) groups is 3. The van der Waals surface area contributed by atoms with Gasteiger partial charge < -0.3 is 14.8 Å². The Morgan fingerprint density at radius 3 is 2.57 bits per heavy atom. The van der Waals surface area contributed by atoms with Gasteiger partial charge in [-0.25, -0.2) is 4.79 Å². The summed E-state index contributed by atoms with van der Waals surface area (Å²) in [5, 5.41) is 5.55. The summed E-state index contributed by atoms with van der Waals surface area (Å²) >= 11 is 1.40. The maximum absolute atomic E-state index is 12.6. The molecule has 148 valence electrons. The third-order valence-corrected chi connectivity index (χ3v) is 5.62. The van der Waals surface area contributed by atoms with Gasteiger partial charge in [0.15, 0.2) is 0 Å². The Morgan fingerprint density at radius 1 is 1.14 bits per heavy atom. The van der Waals surface area contributed by atoms with E-state index in [2.05, 4.69) is 10.6 Å². The molecule has 0 saturated heterocycles. The van der Waals surface area contributed by atoms with Crippen LogP contribution in [-0.2, 0) is 28.8 Å². The number of benzene rings is 1. The Bertz CT molecular complexity index is 889. The van der Waals surface area contributed by atoms with Gasteiger partial charge in [0.05, 0.1) is 25.7 Å². The lowest BCUT2D eigenvalue weighted by molar-refractivity contribution is -0.115. The van der Waals surface area contributed by atoms with Crippen LogP contribution in [0.3, 0.4) is 0 Å². The lowest BCUT2D eigenvalue weighted by Gasteiger charge is -2.09. The van der Waals surface area contributed by atoms with Crippen molar-refractivity contribution >= 4 is 34.2 Å². The largest absolute Gasteiger partial charge is 0.497 e. The predicted octanol–water partition coefficient (Wildman–Crippen LogP) is 3.31. The molecule has 1 aromatic heterocycles. The Morgan fingerprint density at radius 2 is 1.89 bits per heavy atom. The Hall–Kier alpha value is -2.87. The molecule has 0 spiro atoms. The molecule has 0 unspecified atom stereocenters. The van der Waals surface area contributed by atoms with Crippen molar-refractivity contribution in [1.29, 1.82) is 0 Å². The number of nitrogens with one attached hydrogen (secondary N) is 2. The zero-order chi connectivity index (χ0) is 20.1. The van der Waals surface area contributed by atoms with E-state index in [0.717, 1.165) is 41.0 Å². The van der Waals surface area contributed by atoms with Gasteiger partial charge in [-0.2, -0.15) is 0 Å². The second kappa shape index (κ2) is 8.88. The monoisotopic (exact) mass is 402 g/mol. The molecule has 0 bridgehead atoms. The minimum Gasteiger partial charge on any atom is -0.497 e. The first-order valence-electron chi connectivity index (χ1n) is 9.07. The fourth-order valence-corrected chi connectivity index (χ4v) is 4.46. The van der Waals surface area contributed by atoms with Crippen molar-refractivity contribution in [2.24, 2.45) is 0 Å². The van der Waals surface area contributed by atoms with Crippen LogP contribution in [0.25, 0.3) is 0 Å². The van der Waals surface area contributed by atoms with E-state index in [1.807, 2.05) is 12.1 Å². The summed E-state index contributed by atoms with van der Waals surface area (Å²) in [6.45, 7) is 1.84. The van der Waals surface area contributed by atoms with Gasteiger partial charge in [-0.15, -0.1) is 11.3 Å². The molecule has 0 aliphatic heterocycles. The second-order valence-electron chi connectivity index (χ2n) is 6.31. The molecule has 0 atom stereocenters. The van der Waals surface area contributed by atoms with Crippen LogP contribution in [-0.4, -0.2) is 31.6 Å². The van der Waals surface area contributed by atoms with Crippen LogP contribution in [0.5, 0.6) is 5.75 Å². The number of alkyl carbamates (subject to hydrolysis) is 1. The highest BCUT2D eigenvalue weighted by atomic mass is 32.1. The highest BCUT2D eigenvalue weighted by Crippen LogP contribution is 2.39. The summed E-state index contributed by atoms with van der Waals surface area (Å²) in [6, 6.07) is 7.23. The van der Waals surface area contributed by atoms with E-state index in [9.17, 15) is 14.4 Å². The Labute approximate surface area is 167 Å². The molecular formula is C20H22N2O5S. The molecule has 2 N–H and O–H groups in total. The number of hydrogen-bond donors (Lipinski definition) is 2. The van der Waals surface area contributed by atoms with Gasteiger partial charge in [0.25, 0.3) is 5.91 Å². The number of methoxy groups -OCH3 is 1. The number of amides is 3. The van der Waals surface area contributed by atoms with E-state index in [-0.39, 0.29) is 18.9 Å². The highest BCUT2D eigenvalue weighted by Gasteiger charge is 2.28. The molecule has 3 amide bonds. The average Bonchev–Trinajstić information content (AvgIpc) is 3.22. The SMILES string of the molecule is CCOC(=O)NC(=O)c1c(NC(=O)Cc2ccc(OC)cc2)sc2c1CCC2. The lowest BCUT2D eigenvalue weighted by atomic mass is 10.1. The summed E-state index contributed by atoms with van der Waals surface area (Å²) in [7, 11) is 1.58. The van der Waals surface area contributed by atoms with Crippen LogP contribution in [0.4, 0.5) is 9.80 Å². The molecule has 1 aromatic carbocycles. The number of rotatable bonds is 6. The van der Waals surface area contributed by atoms with Crippen molar-refractivity contribution < 1.29 is 23.9 Å². The third-order valence-electron chi connectivity index (χ3n) is 4.42. The van der Waals surface area contributed by atoms with Crippen molar-refractivity contribution in [2.75, 3.05) is 19.0 Å². The number of imide groups is 1. The van der Waals surface area contributed by atoms with Crippen LogP contribution in [0.15, 0.2) is 24.3 Å². The van der Waals surface area contributed by atoms with Gasteiger partial charge in [0.1, 0.15) is 10.8 Å². The summed E-state index contributed by atoms with van der Waals surface area (Å²) in [5.41, 5.74) is 2.11. The standard InChI is InChI=1S/C20H22N2O5S/c1-3-27-20(25)22-18(24)17-14-5-4-6-15(14)28-19(17)21-16(23)11-12-7-9-13(26-2)10-8-12/h7-10H,3-6,11H2,1-2H3,(H,21,23)(H,22,24,25). The normalized spacial score (nSPS) is 12.2. The van der Waals surface area contributed by atoms with Crippen molar-refractivity contribution in [3.63, 3.8) is 0 Å². The Kier molecular flexibility index (Phi) is 6.30. The van der Waals surface area contributed by atoms with Crippen LogP contribution in [0, 0.1) is 0 Å². The zero-order valence-corrected chi connectivity index (χ0v) is 16.6. The maximum atomic E-state index is 12.6. The second-order valence-corrected chi connectivity index (χ2v) is 7.41. The van der Waals surface area contributed by atoms with Crippen molar-refractivity contribution in [3.8, 4) is 5.75 Å². The van der Waals surface area contributed by atoms with Crippen LogP contribution >= 0.6 is 11.3 Å². The van der Waals surface area contributed by atoms with Gasteiger partial charge in [0, 0.05) is 4.88 Å². The summed E-state index contributed by atoms with van der Waals surface area (Å²) in [4.78, 5) is 37.8. The van der Waals surface area contributed by atoms with E-state index >= 15 is 0 Å². The van der Waals surface area contributed by atoms with Crippen molar-refractivity contribution in [3.05, 3.63) is 45.8 Å². The van der Waals surface area contributed by atoms with Crippen LogP contribution in [0.1, 0.15) is 39.7 Å². The average molecular weight is 402 g/mol. The van der Waals surface area contributed by atoms with E-state index in [1.165, 1.54) is 11.3 Å². The number of carbonyl (C=O) groups excluding carboxylic acids is 3. The molecule has 0 radical (unpaired) electrons. The van der Waals surface area contributed by atoms with E-state index in [1.54, 1.807) is 26.2 Å². The van der Waals surface area contributed by atoms with Gasteiger partial charge in [-0.05, 0) is 49.4 Å². The smallest absolute Gasteiger partial charge is 0.414 e. The fraction of sp³-hybridized carbons (Fsp3) is 0.350. The number of anilines is 1. The van der Waals surface area contributed by atoms with E-state index in [0.29, 0.717) is 10.6 Å². The summed E-state index contributed by atoms with van der Waals surface area (Å²) < 4.78 is 9.90. The predicted molar refractivity (Wildman–Crippen MR) is 106 cm³/mol. The number of hydrogen-bond acceptors (Lipinski definition) is 6. The van der Waals surface area contributed by atoms with Crippen LogP contribution < -0.4 is 15.4 Å². The molecule has 1 heterocycles. The first kappa shape index (κ1) is 19.9. The minimum absolute atomic E-state index is 0.172. The van der Waals surface area contributed by atoms with Gasteiger partial charge >= 0.3 is 6.09 Å². The first-order valence-corrected chi connectivity index (χ1v) is 9.88. The van der Waals surface area contributed by atoms with Gasteiger partial charge in [0.2, 0.25) is 5.91 Å². The summed E-state index contributed by atoms with van der Waals surface area (Å²) in [6.07, 6.45) is 1.97. The van der Waals surface area contributed by atoms with Gasteiger partial charge in [-0.3, -0.25) is 14.9 Å². The number of fused-ring (bicyclic) bond motifs is 1. The lowest BCUT2D eigenvalue weighted by Crippen LogP contribution is -2.32. The van der Waals surface area contributed by atoms with Crippen molar-refractivity contribution in [2.45, 2.75) is 32.6 Å². The molecule has 1 aliphatic carbocycles.